The predicted octanol–water partition coefficient (Wildman–Crippen LogP) is 0.346. The van der Waals surface area contributed by atoms with Gasteiger partial charge in [0, 0.05) is 6.20 Å². The Kier molecular flexibility index (Phi) is 1.04. The monoisotopic (exact) mass is 134 g/mol. The summed E-state index contributed by atoms with van der Waals surface area (Å²) in [6.07, 6.45) is 3.41. The molecule has 0 unspecified atom stereocenters. The second kappa shape index (κ2) is 1.98. The van der Waals surface area contributed by atoms with Crippen molar-refractivity contribution in [3.63, 3.8) is 0 Å². The van der Waals surface area contributed by atoms with Crippen molar-refractivity contribution >= 4 is 11.9 Å². The van der Waals surface area contributed by atoms with Crippen LogP contribution < -0.4 is 11.0 Å². The first-order valence-electron chi connectivity index (χ1n) is 2.96. The van der Waals surface area contributed by atoms with Crippen molar-refractivity contribution in [1.82, 2.24) is 10.5 Å². The Morgan fingerprint density at radius 1 is 1.40 bits per heavy atom. The Morgan fingerprint density at radius 3 is 3.30 bits per heavy atom. The number of hydrogen-bond donors (Lipinski definition) is 2. The fourth-order valence-corrected chi connectivity index (χ4v) is 0.812. The first kappa shape index (κ1) is 5.22. The number of aromatic nitrogens is 1. The topological polar surface area (TPSA) is 49.3 Å². The summed E-state index contributed by atoms with van der Waals surface area (Å²) in [4.78, 5) is 4.07. The summed E-state index contributed by atoms with van der Waals surface area (Å²) < 4.78 is 0. The number of pyridine rings is 1. The first-order chi connectivity index (χ1) is 4.97. The van der Waals surface area contributed by atoms with Crippen LogP contribution in [-0.2, 0) is 0 Å². The Morgan fingerprint density at radius 2 is 2.40 bits per heavy atom. The van der Waals surface area contributed by atoms with E-state index in [1.54, 1.807) is 12.4 Å². The highest BCUT2D eigenvalue weighted by Crippen LogP contribution is 2.09. The van der Waals surface area contributed by atoms with Gasteiger partial charge in [0.05, 0.1) is 11.9 Å². The second-order valence-electron chi connectivity index (χ2n) is 1.93. The SMILES string of the molecule is C1=NNNc2cccnc21. The zero-order valence-electron chi connectivity index (χ0n) is 5.20. The summed E-state index contributed by atoms with van der Waals surface area (Å²) in [7, 11) is 0. The van der Waals surface area contributed by atoms with Crippen molar-refractivity contribution in [2.24, 2.45) is 5.10 Å². The third kappa shape index (κ3) is 0.699. The lowest BCUT2D eigenvalue weighted by Crippen LogP contribution is -2.20. The molecular weight excluding hydrogens is 128 g/mol. The lowest BCUT2D eigenvalue weighted by molar-refractivity contribution is 0.866. The van der Waals surface area contributed by atoms with Gasteiger partial charge in [-0.15, -0.1) is 0 Å². The van der Waals surface area contributed by atoms with E-state index in [2.05, 4.69) is 21.0 Å². The van der Waals surface area contributed by atoms with Crippen molar-refractivity contribution in [1.29, 1.82) is 0 Å². The van der Waals surface area contributed by atoms with E-state index in [-0.39, 0.29) is 0 Å². The average Bonchev–Trinajstić information content (AvgIpc) is 2.05. The highest BCUT2D eigenvalue weighted by atomic mass is 15.6. The molecule has 50 valence electrons. The van der Waals surface area contributed by atoms with Crippen molar-refractivity contribution in [2.75, 3.05) is 5.43 Å². The third-order valence-electron chi connectivity index (χ3n) is 1.28. The molecule has 0 atom stereocenters. The normalized spacial score (nSPS) is 13.2. The van der Waals surface area contributed by atoms with Crippen LogP contribution in [0.4, 0.5) is 5.69 Å². The van der Waals surface area contributed by atoms with Gasteiger partial charge in [0.15, 0.2) is 0 Å². The zero-order valence-corrected chi connectivity index (χ0v) is 5.20. The Labute approximate surface area is 57.9 Å². The van der Waals surface area contributed by atoms with Gasteiger partial charge in [-0.05, 0) is 12.1 Å². The molecule has 0 saturated carbocycles. The number of fused-ring (bicyclic) bond motifs is 1. The summed E-state index contributed by atoms with van der Waals surface area (Å²) in [6, 6.07) is 3.80. The highest BCUT2D eigenvalue weighted by Gasteiger charge is 2.01. The molecule has 0 fully saturated rings. The van der Waals surface area contributed by atoms with Gasteiger partial charge < -0.3 is 0 Å². The number of rotatable bonds is 0. The Balaban J connectivity index is 2.54. The number of anilines is 1. The lowest BCUT2D eigenvalue weighted by atomic mass is 10.3. The van der Waals surface area contributed by atoms with E-state index >= 15 is 0 Å². The maximum atomic E-state index is 4.07. The number of hydrazine groups is 1. The molecule has 10 heavy (non-hydrogen) atoms. The quantitative estimate of drug-likeness (QED) is 0.538. The van der Waals surface area contributed by atoms with Gasteiger partial charge in [0.2, 0.25) is 0 Å². The van der Waals surface area contributed by atoms with E-state index in [0.29, 0.717) is 0 Å². The summed E-state index contributed by atoms with van der Waals surface area (Å²) in [5, 5.41) is 3.77. The highest BCUT2D eigenvalue weighted by molar-refractivity contribution is 5.85. The largest absolute Gasteiger partial charge is 0.283 e. The van der Waals surface area contributed by atoms with E-state index in [1.165, 1.54) is 0 Å². The average molecular weight is 134 g/mol. The molecule has 0 amide bonds. The van der Waals surface area contributed by atoms with Gasteiger partial charge in [-0.25, -0.2) is 5.53 Å². The molecule has 0 saturated heterocycles. The van der Waals surface area contributed by atoms with Gasteiger partial charge in [-0.3, -0.25) is 10.4 Å². The summed E-state index contributed by atoms with van der Waals surface area (Å²) in [5.41, 5.74) is 7.29. The molecule has 0 aromatic carbocycles. The molecule has 1 aromatic heterocycles. The molecule has 2 heterocycles. The fraction of sp³-hybridized carbons (Fsp3) is 0. The van der Waals surface area contributed by atoms with E-state index in [0.717, 1.165) is 11.4 Å². The van der Waals surface area contributed by atoms with Crippen LogP contribution in [0, 0.1) is 0 Å². The van der Waals surface area contributed by atoms with E-state index < -0.39 is 0 Å². The Bertz CT molecular complexity index is 268. The molecule has 1 aliphatic rings. The van der Waals surface area contributed by atoms with Crippen molar-refractivity contribution in [2.45, 2.75) is 0 Å². The minimum atomic E-state index is 0.862. The predicted molar refractivity (Wildman–Crippen MR) is 38.6 cm³/mol. The van der Waals surface area contributed by atoms with Crippen LogP contribution in [0.5, 0.6) is 0 Å². The van der Waals surface area contributed by atoms with Crippen LogP contribution in [0.3, 0.4) is 0 Å². The van der Waals surface area contributed by atoms with Crippen LogP contribution >= 0.6 is 0 Å². The van der Waals surface area contributed by atoms with Gasteiger partial charge in [-0.1, -0.05) is 0 Å². The first-order valence-corrected chi connectivity index (χ1v) is 2.96. The third-order valence-corrected chi connectivity index (χ3v) is 1.28. The molecule has 4 heteroatoms. The van der Waals surface area contributed by atoms with Gasteiger partial charge in [0.1, 0.15) is 5.69 Å². The molecule has 0 bridgehead atoms. The second-order valence-corrected chi connectivity index (χ2v) is 1.93. The molecule has 4 nitrogen and oxygen atoms in total. The number of hydrogen-bond acceptors (Lipinski definition) is 4. The van der Waals surface area contributed by atoms with Crippen molar-refractivity contribution in [3.05, 3.63) is 24.0 Å². The number of hydrazone groups is 1. The minimum absolute atomic E-state index is 0.862. The molecular formula is C6H6N4. The van der Waals surface area contributed by atoms with Crippen LogP contribution in [0.2, 0.25) is 0 Å². The van der Waals surface area contributed by atoms with Crippen LogP contribution in [0.1, 0.15) is 5.69 Å². The summed E-state index contributed by atoms with van der Waals surface area (Å²) in [6.45, 7) is 0. The maximum Gasteiger partial charge on any atom is 0.108 e. The zero-order chi connectivity index (χ0) is 6.81. The van der Waals surface area contributed by atoms with Gasteiger partial charge in [0.25, 0.3) is 0 Å². The minimum Gasteiger partial charge on any atom is -0.283 e. The van der Waals surface area contributed by atoms with Crippen LogP contribution in [0.25, 0.3) is 0 Å². The number of nitrogens with one attached hydrogen (secondary N) is 2. The van der Waals surface area contributed by atoms with Gasteiger partial charge in [-0.2, -0.15) is 5.10 Å². The number of nitrogens with zero attached hydrogens (tertiary/aromatic N) is 2. The molecule has 0 radical (unpaired) electrons. The van der Waals surface area contributed by atoms with Crippen LogP contribution in [0.15, 0.2) is 23.4 Å². The Hall–Kier alpha value is -1.58. The lowest BCUT2D eigenvalue weighted by Gasteiger charge is -2.10. The van der Waals surface area contributed by atoms with Crippen molar-refractivity contribution in [3.8, 4) is 0 Å². The molecule has 1 aromatic rings. The maximum absolute atomic E-state index is 4.07. The molecule has 0 spiro atoms. The molecule has 2 N–H and O–H groups in total. The summed E-state index contributed by atoms with van der Waals surface area (Å²) >= 11 is 0. The smallest absolute Gasteiger partial charge is 0.108 e. The standard InChI is InChI=1S/C6H6N4/c1-2-5-6(7-3-1)4-8-10-9-5/h1-4,9-10H. The molecule has 2 rings (SSSR count). The molecule has 0 aliphatic carbocycles. The summed E-state index contributed by atoms with van der Waals surface area (Å²) in [5.74, 6) is 0. The van der Waals surface area contributed by atoms with E-state index in [1.807, 2.05) is 12.1 Å². The van der Waals surface area contributed by atoms with Crippen molar-refractivity contribution < 1.29 is 0 Å². The fourth-order valence-electron chi connectivity index (χ4n) is 0.812. The molecule has 1 aliphatic heterocycles. The van der Waals surface area contributed by atoms with Crippen LogP contribution in [-0.4, -0.2) is 11.2 Å². The van der Waals surface area contributed by atoms with E-state index in [4.69, 9.17) is 0 Å². The van der Waals surface area contributed by atoms with E-state index in [9.17, 15) is 0 Å². The van der Waals surface area contributed by atoms with Gasteiger partial charge >= 0.3 is 0 Å².